The molecule has 37 heavy (non-hydrogen) atoms. The predicted octanol–water partition coefficient (Wildman–Crippen LogP) is 7.19. The van der Waals surface area contributed by atoms with Gasteiger partial charge in [-0.25, -0.2) is 9.37 Å². The first-order chi connectivity index (χ1) is 17.7. The van der Waals surface area contributed by atoms with Crippen molar-refractivity contribution in [3.05, 3.63) is 69.2 Å². The third-order valence-corrected chi connectivity index (χ3v) is 7.81. The maximum atomic E-state index is 14.8. The number of halogens is 3. The Morgan fingerprint density at radius 2 is 1.92 bits per heavy atom. The second kappa shape index (κ2) is 8.89. The summed E-state index contributed by atoms with van der Waals surface area (Å²) in [4.78, 5) is 27.1. The number of aromatic amines is 1. The van der Waals surface area contributed by atoms with Gasteiger partial charge in [0.05, 0.1) is 38.0 Å². The first-order valence-electron chi connectivity index (χ1n) is 12.1. The van der Waals surface area contributed by atoms with Crippen LogP contribution in [0.5, 0.6) is 5.75 Å². The highest BCUT2D eigenvalue weighted by atomic mass is 35.5. The number of anilines is 3. The molecule has 2 aliphatic rings. The number of rotatable bonds is 5. The van der Waals surface area contributed by atoms with Gasteiger partial charge in [-0.15, -0.1) is 0 Å². The number of fused-ring (bicyclic) bond motifs is 3. The fraction of sp³-hybridized carbons (Fsp3) is 0.296. The summed E-state index contributed by atoms with van der Waals surface area (Å²) in [5.74, 6) is 0.484. The summed E-state index contributed by atoms with van der Waals surface area (Å²) in [6.45, 7) is 3.99. The van der Waals surface area contributed by atoms with E-state index >= 15 is 0 Å². The van der Waals surface area contributed by atoms with Crippen LogP contribution in [0.3, 0.4) is 0 Å². The summed E-state index contributed by atoms with van der Waals surface area (Å²) < 4.78 is 21.0. The summed E-state index contributed by atoms with van der Waals surface area (Å²) in [7, 11) is 1.59. The Hall–Kier alpha value is -3.36. The summed E-state index contributed by atoms with van der Waals surface area (Å²) in [6, 6.07) is 6.71. The third-order valence-electron chi connectivity index (χ3n) is 7.24. The molecule has 1 aliphatic carbocycles. The minimum Gasteiger partial charge on any atom is -0.489 e. The lowest BCUT2D eigenvalue weighted by molar-refractivity contribution is 0.0987. The number of hydrogen-bond donors (Lipinski definition) is 2. The number of amides is 1. The van der Waals surface area contributed by atoms with E-state index in [1.54, 1.807) is 25.2 Å². The van der Waals surface area contributed by atoms with E-state index in [4.69, 9.17) is 32.9 Å². The number of benzene rings is 2. The lowest BCUT2D eigenvalue weighted by atomic mass is 9.95. The van der Waals surface area contributed by atoms with Crippen molar-refractivity contribution in [2.75, 3.05) is 17.3 Å². The number of carbonyl (C=O) groups excluding carboxylic acids is 1. The highest BCUT2D eigenvalue weighted by molar-refractivity contribution is 6.39. The third kappa shape index (κ3) is 4.08. The normalized spacial score (nSPS) is 18.5. The molecular weight excluding hydrogens is 516 g/mol. The molecule has 4 aromatic rings. The van der Waals surface area contributed by atoms with Crippen molar-refractivity contribution in [2.24, 2.45) is 0 Å². The van der Waals surface area contributed by atoms with Gasteiger partial charge in [0.25, 0.3) is 5.91 Å². The summed E-state index contributed by atoms with van der Waals surface area (Å²) in [6.07, 6.45) is 4.98. The molecule has 0 spiro atoms. The lowest BCUT2D eigenvalue weighted by Gasteiger charge is -2.20. The van der Waals surface area contributed by atoms with Crippen molar-refractivity contribution in [3.8, 4) is 5.75 Å². The van der Waals surface area contributed by atoms with Crippen LogP contribution in [0.25, 0.3) is 11.0 Å². The van der Waals surface area contributed by atoms with Crippen LogP contribution >= 0.6 is 23.2 Å². The first-order valence-corrected chi connectivity index (χ1v) is 12.8. The zero-order valence-electron chi connectivity index (χ0n) is 20.4. The smallest absolute Gasteiger partial charge is 0.261 e. The van der Waals surface area contributed by atoms with E-state index in [0.29, 0.717) is 49.9 Å². The quantitative estimate of drug-likeness (QED) is 0.280. The zero-order chi connectivity index (χ0) is 26.0. The van der Waals surface area contributed by atoms with Gasteiger partial charge in [0.2, 0.25) is 5.95 Å². The van der Waals surface area contributed by atoms with E-state index in [9.17, 15) is 9.18 Å². The molecule has 190 valence electrons. The second-order valence-corrected chi connectivity index (χ2v) is 10.5. The maximum absolute atomic E-state index is 14.8. The standard InChI is InChI=1S/C27H24Cl2FN5O2/c1-12-13(2)37-25-16(26(36)35(3)21-8-15(14-4-5-14)6-7-19(21)30)9-20-24(22(12)25)34-27(32-20)33-23-17(28)10-31-11-18(23)29/h6-14H,4-5H2,1-3H3,(H2,31,32,33,34). The van der Waals surface area contributed by atoms with E-state index in [2.05, 4.69) is 15.3 Å². The Balaban J connectivity index is 1.43. The van der Waals surface area contributed by atoms with E-state index in [1.165, 1.54) is 23.4 Å². The van der Waals surface area contributed by atoms with E-state index in [-0.39, 0.29) is 23.6 Å². The predicted molar refractivity (Wildman–Crippen MR) is 143 cm³/mol. The molecule has 2 unspecified atom stereocenters. The van der Waals surface area contributed by atoms with Gasteiger partial charge >= 0.3 is 0 Å². The molecule has 2 N–H and O–H groups in total. The van der Waals surface area contributed by atoms with Crippen molar-refractivity contribution in [1.29, 1.82) is 0 Å². The highest BCUT2D eigenvalue weighted by Gasteiger charge is 2.36. The molecule has 0 saturated heterocycles. The van der Waals surface area contributed by atoms with Crippen LogP contribution in [-0.4, -0.2) is 34.0 Å². The van der Waals surface area contributed by atoms with Gasteiger partial charge in [-0.2, -0.15) is 0 Å². The van der Waals surface area contributed by atoms with Crippen molar-refractivity contribution in [1.82, 2.24) is 15.0 Å². The van der Waals surface area contributed by atoms with Gasteiger partial charge in [0, 0.05) is 30.9 Å². The number of hydrogen-bond acceptors (Lipinski definition) is 5. The van der Waals surface area contributed by atoms with Crippen LogP contribution < -0.4 is 15.0 Å². The highest BCUT2D eigenvalue weighted by Crippen LogP contribution is 2.46. The van der Waals surface area contributed by atoms with Crippen molar-refractivity contribution in [2.45, 2.75) is 44.6 Å². The Labute approximate surface area is 223 Å². The number of imidazole rings is 1. The van der Waals surface area contributed by atoms with Crippen molar-refractivity contribution >= 4 is 57.5 Å². The Morgan fingerprint density at radius 3 is 2.62 bits per heavy atom. The molecule has 1 saturated carbocycles. The van der Waals surface area contributed by atoms with E-state index in [1.807, 2.05) is 13.8 Å². The number of pyridine rings is 1. The number of nitrogens with one attached hydrogen (secondary N) is 2. The molecule has 0 radical (unpaired) electrons. The fourth-order valence-corrected chi connectivity index (χ4v) is 5.30. The Morgan fingerprint density at radius 1 is 1.19 bits per heavy atom. The molecular formula is C27H24Cl2FN5O2. The summed E-state index contributed by atoms with van der Waals surface area (Å²) in [5.41, 5.74) is 4.24. The van der Waals surface area contributed by atoms with Crippen LogP contribution in [0.15, 0.2) is 36.7 Å². The molecule has 3 heterocycles. The molecule has 7 nitrogen and oxygen atoms in total. The number of aromatic nitrogens is 3. The average Bonchev–Trinajstić information content (AvgIpc) is 3.58. The minimum atomic E-state index is -0.445. The van der Waals surface area contributed by atoms with Gasteiger partial charge in [-0.05, 0) is 49.4 Å². The van der Waals surface area contributed by atoms with Gasteiger partial charge < -0.3 is 19.9 Å². The maximum Gasteiger partial charge on any atom is 0.261 e. The van der Waals surface area contributed by atoms with Crippen molar-refractivity contribution in [3.63, 3.8) is 0 Å². The molecule has 6 rings (SSSR count). The summed E-state index contributed by atoms with van der Waals surface area (Å²) in [5, 5.41) is 3.81. The fourth-order valence-electron chi connectivity index (χ4n) is 4.85. The summed E-state index contributed by atoms with van der Waals surface area (Å²) >= 11 is 12.5. The average molecular weight is 540 g/mol. The van der Waals surface area contributed by atoms with Crippen LogP contribution in [-0.2, 0) is 0 Å². The number of ether oxygens (including phenoxy) is 1. The van der Waals surface area contributed by atoms with Crippen molar-refractivity contribution < 1.29 is 13.9 Å². The minimum absolute atomic E-state index is 0.0188. The molecule has 1 amide bonds. The molecule has 2 atom stereocenters. The lowest BCUT2D eigenvalue weighted by Crippen LogP contribution is -2.27. The monoisotopic (exact) mass is 539 g/mol. The van der Waals surface area contributed by atoms with E-state index in [0.717, 1.165) is 24.0 Å². The number of H-pyrrole nitrogens is 1. The topological polar surface area (TPSA) is 83.1 Å². The SMILES string of the molecule is CC1Oc2c(C(=O)N(C)c3cc(C4CC4)ccc3F)cc3[nH]c(Nc4c(Cl)cncc4Cl)nc3c2C1C. The number of nitrogens with zero attached hydrogens (tertiary/aromatic N) is 3. The molecule has 0 bridgehead atoms. The van der Waals surface area contributed by atoms with Gasteiger partial charge in [-0.3, -0.25) is 9.78 Å². The van der Waals surface area contributed by atoms with Gasteiger partial charge in [0.15, 0.2) is 0 Å². The number of carbonyl (C=O) groups is 1. The molecule has 10 heteroatoms. The second-order valence-electron chi connectivity index (χ2n) is 9.71. The van der Waals surface area contributed by atoms with Crippen LogP contribution in [0.4, 0.5) is 21.7 Å². The largest absolute Gasteiger partial charge is 0.489 e. The van der Waals surface area contributed by atoms with Crippen LogP contribution in [0, 0.1) is 5.82 Å². The van der Waals surface area contributed by atoms with Crippen LogP contribution in [0.2, 0.25) is 10.0 Å². The Bertz CT molecular complexity index is 1550. The molecule has 1 aliphatic heterocycles. The Kier molecular flexibility index (Phi) is 5.76. The molecule has 1 fully saturated rings. The zero-order valence-corrected chi connectivity index (χ0v) is 21.9. The molecule has 2 aromatic heterocycles. The molecule has 2 aromatic carbocycles. The van der Waals surface area contributed by atoms with Crippen LogP contribution in [0.1, 0.15) is 60.0 Å². The van der Waals surface area contributed by atoms with E-state index < -0.39 is 5.82 Å². The van der Waals surface area contributed by atoms with Gasteiger partial charge in [-0.1, -0.05) is 36.2 Å². The van der Waals surface area contributed by atoms with Gasteiger partial charge in [0.1, 0.15) is 17.7 Å². The first kappa shape index (κ1) is 24.0.